The van der Waals surface area contributed by atoms with Crippen molar-refractivity contribution in [1.82, 2.24) is 0 Å². The lowest BCUT2D eigenvalue weighted by atomic mass is 10.2. The van der Waals surface area contributed by atoms with Crippen molar-refractivity contribution >= 4 is 27.6 Å². The molecule has 1 aromatic rings. The van der Waals surface area contributed by atoms with E-state index in [-0.39, 0.29) is 24.4 Å². The second-order valence-electron chi connectivity index (χ2n) is 4.27. The van der Waals surface area contributed by atoms with Gasteiger partial charge in [-0.25, -0.2) is 18.4 Å². The van der Waals surface area contributed by atoms with Crippen molar-refractivity contribution in [2.75, 3.05) is 11.4 Å². The molecular formula is C11H12N2O5S. The van der Waals surface area contributed by atoms with E-state index in [0.29, 0.717) is 5.69 Å². The lowest BCUT2D eigenvalue weighted by Crippen LogP contribution is -2.32. The Balaban J connectivity index is 2.31. The molecule has 1 aliphatic heterocycles. The summed E-state index contributed by atoms with van der Waals surface area (Å²) in [6, 6.07) is 5.77. The molecule has 1 aromatic carbocycles. The summed E-state index contributed by atoms with van der Waals surface area (Å²) in [4.78, 5) is 23.9. The number of anilines is 1. The highest BCUT2D eigenvalue weighted by Crippen LogP contribution is 2.24. The maximum atomic E-state index is 11.8. The Morgan fingerprint density at radius 2 is 2.11 bits per heavy atom. The maximum Gasteiger partial charge on any atom is 0.335 e. The first kappa shape index (κ1) is 13.5. The van der Waals surface area contributed by atoms with Crippen LogP contribution in [0.3, 0.4) is 0 Å². The summed E-state index contributed by atoms with van der Waals surface area (Å²) in [5.41, 5.74) is 0.389. The Bertz CT molecular complexity index is 640. The van der Waals surface area contributed by atoms with E-state index in [4.69, 9.17) is 10.2 Å². The van der Waals surface area contributed by atoms with E-state index in [9.17, 15) is 18.0 Å². The Hall–Kier alpha value is -1.93. The highest BCUT2D eigenvalue weighted by Gasteiger charge is 2.37. The number of sulfonamides is 1. The highest BCUT2D eigenvalue weighted by atomic mass is 32.2. The number of amides is 1. The van der Waals surface area contributed by atoms with E-state index in [1.165, 1.54) is 23.1 Å². The zero-order valence-corrected chi connectivity index (χ0v) is 10.6. The van der Waals surface area contributed by atoms with Crippen molar-refractivity contribution in [3.05, 3.63) is 29.8 Å². The summed E-state index contributed by atoms with van der Waals surface area (Å²) in [5, 5.41) is 13.0. The molecule has 1 unspecified atom stereocenters. The van der Waals surface area contributed by atoms with Gasteiger partial charge < -0.3 is 10.0 Å². The first-order chi connectivity index (χ1) is 8.79. The minimum Gasteiger partial charge on any atom is -0.478 e. The molecule has 1 aliphatic rings. The quantitative estimate of drug-likeness (QED) is 0.795. The predicted octanol–water partition coefficient (Wildman–Crippen LogP) is -0.221. The molecule has 1 fully saturated rings. The van der Waals surface area contributed by atoms with Gasteiger partial charge in [-0.1, -0.05) is 6.07 Å². The van der Waals surface area contributed by atoms with Crippen LogP contribution in [0.5, 0.6) is 0 Å². The fraction of sp³-hybridized carbons (Fsp3) is 0.273. The van der Waals surface area contributed by atoms with Crippen LogP contribution in [0.2, 0.25) is 0 Å². The van der Waals surface area contributed by atoms with Gasteiger partial charge in [0.25, 0.3) is 0 Å². The van der Waals surface area contributed by atoms with Gasteiger partial charge in [-0.3, -0.25) is 4.79 Å². The van der Waals surface area contributed by atoms with Crippen molar-refractivity contribution in [2.24, 2.45) is 5.14 Å². The first-order valence-corrected chi connectivity index (χ1v) is 7.05. The molecule has 0 aliphatic carbocycles. The third kappa shape index (κ3) is 2.74. The van der Waals surface area contributed by atoms with Crippen molar-refractivity contribution < 1.29 is 23.1 Å². The highest BCUT2D eigenvalue weighted by molar-refractivity contribution is 7.89. The Kier molecular flexibility index (Phi) is 3.29. The van der Waals surface area contributed by atoms with E-state index in [0.717, 1.165) is 0 Å². The van der Waals surface area contributed by atoms with Crippen molar-refractivity contribution in [3.8, 4) is 0 Å². The monoisotopic (exact) mass is 284 g/mol. The van der Waals surface area contributed by atoms with Crippen LogP contribution in [-0.2, 0) is 14.8 Å². The molecule has 0 saturated carbocycles. The third-order valence-corrected chi connectivity index (χ3v) is 4.20. The summed E-state index contributed by atoms with van der Waals surface area (Å²) in [7, 11) is -3.78. The normalized spacial score (nSPS) is 19.7. The van der Waals surface area contributed by atoms with Gasteiger partial charge in [-0.05, 0) is 18.2 Å². The molecule has 8 heteroatoms. The zero-order valence-electron chi connectivity index (χ0n) is 9.81. The standard InChI is InChI=1S/C11H12N2O5S/c12-19(17,18)9-5-10(14)13(6-9)8-3-1-2-7(4-8)11(15)16/h1-4,9H,5-6H2,(H,15,16)(H2,12,17,18). The molecule has 0 radical (unpaired) electrons. The van der Waals surface area contributed by atoms with Crippen molar-refractivity contribution in [2.45, 2.75) is 11.7 Å². The molecule has 7 nitrogen and oxygen atoms in total. The third-order valence-electron chi connectivity index (χ3n) is 2.96. The average Bonchev–Trinajstić information content (AvgIpc) is 2.71. The number of primary sulfonamides is 1. The smallest absolute Gasteiger partial charge is 0.335 e. The number of hydrogen-bond donors (Lipinski definition) is 2. The average molecular weight is 284 g/mol. The van der Waals surface area contributed by atoms with Gasteiger partial charge in [0, 0.05) is 18.7 Å². The van der Waals surface area contributed by atoms with Gasteiger partial charge in [0.1, 0.15) is 5.25 Å². The number of carbonyl (C=O) groups excluding carboxylic acids is 1. The van der Waals surface area contributed by atoms with Crippen LogP contribution >= 0.6 is 0 Å². The Morgan fingerprint density at radius 3 is 2.63 bits per heavy atom. The fourth-order valence-corrected chi connectivity index (χ4v) is 2.68. The molecule has 19 heavy (non-hydrogen) atoms. The predicted molar refractivity (Wildman–Crippen MR) is 67.3 cm³/mol. The van der Waals surface area contributed by atoms with Gasteiger partial charge in [-0.2, -0.15) is 0 Å². The second-order valence-corrected chi connectivity index (χ2v) is 6.12. The Labute approximate surface area is 109 Å². The summed E-state index contributed by atoms with van der Waals surface area (Å²) < 4.78 is 22.5. The molecule has 0 bridgehead atoms. The molecule has 0 spiro atoms. The second kappa shape index (κ2) is 4.63. The number of hydrogen-bond acceptors (Lipinski definition) is 4. The van der Waals surface area contributed by atoms with E-state index < -0.39 is 21.2 Å². The van der Waals surface area contributed by atoms with Crippen LogP contribution < -0.4 is 10.0 Å². The molecule has 2 rings (SSSR count). The summed E-state index contributed by atoms with van der Waals surface area (Å²) in [6.45, 7) is -0.0548. The Morgan fingerprint density at radius 1 is 1.42 bits per heavy atom. The fourth-order valence-electron chi connectivity index (χ4n) is 1.95. The van der Waals surface area contributed by atoms with Crippen molar-refractivity contribution in [3.63, 3.8) is 0 Å². The molecule has 1 amide bonds. The van der Waals surface area contributed by atoms with Crippen LogP contribution in [0, 0.1) is 0 Å². The van der Waals surface area contributed by atoms with E-state index >= 15 is 0 Å². The minimum atomic E-state index is -3.78. The number of carbonyl (C=O) groups is 2. The van der Waals surface area contributed by atoms with E-state index in [2.05, 4.69) is 0 Å². The molecule has 1 heterocycles. The number of benzene rings is 1. The summed E-state index contributed by atoms with van der Waals surface area (Å²) in [5.74, 6) is -1.50. The van der Waals surface area contributed by atoms with E-state index in [1.807, 2.05) is 0 Å². The van der Waals surface area contributed by atoms with Crippen LogP contribution in [-0.4, -0.2) is 37.2 Å². The molecule has 0 aromatic heterocycles. The number of rotatable bonds is 3. The van der Waals surface area contributed by atoms with E-state index in [1.54, 1.807) is 6.07 Å². The molecule has 1 atom stereocenters. The number of carboxylic acids is 1. The van der Waals surface area contributed by atoms with Gasteiger partial charge >= 0.3 is 5.97 Å². The van der Waals surface area contributed by atoms with Crippen LogP contribution in [0.15, 0.2) is 24.3 Å². The lowest BCUT2D eigenvalue weighted by Gasteiger charge is -2.16. The number of nitrogens with two attached hydrogens (primary N) is 1. The van der Waals surface area contributed by atoms with Crippen molar-refractivity contribution in [1.29, 1.82) is 0 Å². The van der Waals surface area contributed by atoms with Crippen LogP contribution in [0.25, 0.3) is 0 Å². The van der Waals surface area contributed by atoms with Gasteiger partial charge in [-0.15, -0.1) is 0 Å². The molecule has 102 valence electrons. The SMILES string of the molecule is NS(=O)(=O)C1CC(=O)N(c2cccc(C(=O)O)c2)C1. The summed E-state index contributed by atoms with van der Waals surface area (Å²) in [6.07, 6.45) is -0.184. The zero-order chi connectivity index (χ0) is 14.2. The van der Waals surface area contributed by atoms with Crippen LogP contribution in [0.4, 0.5) is 5.69 Å². The molecular weight excluding hydrogens is 272 g/mol. The molecule has 1 saturated heterocycles. The van der Waals surface area contributed by atoms with Gasteiger partial charge in [0.05, 0.1) is 5.56 Å². The molecule has 3 N–H and O–H groups in total. The van der Waals surface area contributed by atoms with Gasteiger partial charge in [0.15, 0.2) is 0 Å². The largest absolute Gasteiger partial charge is 0.478 e. The number of nitrogens with zero attached hydrogens (tertiary/aromatic N) is 1. The minimum absolute atomic E-state index is 0.0318. The lowest BCUT2D eigenvalue weighted by molar-refractivity contribution is -0.117. The first-order valence-electron chi connectivity index (χ1n) is 5.44. The van der Waals surface area contributed by atoms with Crippen LogP contribution in [0.1, 0.15) is 16.8 Å². The van der Waals surface area contributed by atoms with Gasteiger partial charge in [0.2, 0.25) is 15.9 Å². The number of aromatic carboxylic acids is 1. The summed E-state index contributed by atoms with van der Waals surface area (Å²) >= 11 is 0. The maximum absolute atomic E-state index is 11.8. The topological polar surface area (TPSA) is 118 Å². The number of carboxylic acid groups (broad SMARTS) is 1.